The van der Waals surface area contributed by atoms with Crippen LogP contribution in [-0.2, 0) is 13.0 Å². The molecule has 1 N–H and O–H groups in total. The van der Waals surface area contributed by atoms with Crippen molar-refractivity contribution < 1.29 is 9.53 Å². The third-order valence-corrected chi connectivity index (χ3v) is 7.63. The van der Waals surface area contributed by atoms with E-state index in [-0.39, 0.29) is 30.7 Å². The highest BCUT2D eigenvalue weighted by molar-refractivity contribution is 5.93. The van der Waals surface area contributed by atoms with Gasteiger partial charge in [-0.2, -0.15) is 0 Å². The maximum absolute atomic E-state index is 12.1. The number of benzene rings is 2. The predicted octanol–water partition coefficient (Wildman–Crippen LogP) is 5.25. The number of nitrogens with one attached hydrogen (secondary N) is 1. The molecule has 6 rings (SSSR count). The van der Waals surface area contributed by atoms with Crippen LogP contribution in [0, 0.1) is 6.92 Å². The van der Waals surface area contributed by atoms with Gasteiger partial charge >= 0.3 is 0 Å². The normalized spacial score (nSPS) is 15.0. The molecule has 7 nitrogen and oxygen atoms in total. The molecule has 2 aliphatic rings. The molecule has 2 aromatic carbocycles. The molecule has 1 saturated heterocycles. The summed E-state index contributed by atoms with van der Waals surface area (Å²) in [5, 5.41) is 3.95. The fourth-order valence-electron chi connectivity index (χ4n) is 5.68. The van der Waals surface area contributed by atoms with Crippen molar-refractivity contribution in [1.82, 2.24) is 24.8 Å². The summed E-state index contributed by atoms with van der Waals surface area (Å²) in [6, 6.07) is 17.2. The standard InChI is InChI=1S/C29H31N5O2.2ClH/c1-19-9-10-23-22(6-4-7-24(23)32-19)20-11-14-33(15-12-20)16-13-21-5-3-8-25-28(21)36-17-26-27(29(35)30-2)31-18-34(25)26;;/h3-10,18,20H,11-17H2,1-2H3,(H,30,35);2*1H. The number of likely N-dealkylation sites (tertiary alicyclic amines) is 1. The SMILES string of the molecule is CNC(=O)c1ncn2c1COc1c(CCN3CCC(c4cccc5nc(C)ccc45)CC3)cccc1-2.Cl.Cl. The summed E-state index contributed by atoms with van der Waals surface area (Å²) in [4.78, 5) is 23.8. The van der Waals surface area contributed by atoms with Crippen LogP contribution in [0.5, 0.6) is 5.75 Å². The number of aryl methyl sites for hydroxylation is 1. The Morgan fingerprint density at radius 2 is 1.87 bits per heavy atom. The fourth-order valence-corrected chi connectivity index (χ4v) is 5.68. The Labute approximate surface area is 235 Å². The molecule has 4 heterocycles. The number of rotatable bonds is 5. The first-order valence-electron chi connectivity index (χ1n) is 12.7. The van der Waals surface area contributed by atoms with Crippen LogP contribution in [-0.4, -0.2) is 52.0 Å². The van der Waals surface area contributed by atoms with Crippen molar-refractivity contribution in [2.24, 2.45) is 0 Å². The quantitative estimate of drug-likeness (QED) is 0.365. The summed E-state index contributed by atoms with van der Waals surface area (Å²) in [5.41, 5.74) is 6.98. The van der Waals surface area contributed by atoms with E-state index < -0.39 is 0 Å². The van der Waals surface area contributed by atoms with Crippen LogP contribution < -0.4 is 10.1 Å². The van der Waals surface area contributed by atoms with Crippen molar-refractivity contribution in [2.45, 2.75) is 38.7 Å². The van der Waals surface area contributed by atoms with Crippen LogP contribution in [0.15, 0.2) is 54.9 Å². The van der Waals surface area contributed by atoms with Crippen LogP contribution in [0.3, 0.4) is 0 Å². The van der Waals surface area contributed by atoms with E-state index in [2.05, 4.69) is 64.6 Å². The van der Waals surface area contributed by atoms with E-state index in [1.54, 1.807) is 13.4 Å². The molecule has 0 spiro atoms. The van der Waals surface area contributed by atoms with Gasteiger partial charge in [0.2, 0.25) is 0 Å². The van der Waals surface area contributed by atoms with Gasteiger partial charge in [0.15, 0.2) is 5.69 Å². The Morgan fingerprint density at radius 1 is 1.08 bits per heavy atom. The van der Waals surface area contributed by atoms with E-state index in [1.165, 1.54) is 16.5 Å². The molecule has 38 heavy (non-hydrogen) atoms. The third kappa shape index (κ3) is 5.10. The molecule has 0 radical (unpaired) electrons. The fraction of sp³-hybridized carbons (Fsp3) is 0.345. The first kappa shape index (κ1) is 27.9. The zero-order valence-corrected chi connectivity index (χ0v) is 23.3. The largest absolute Gasteiger partial charge is 0.485 e. The number of pyridine rings is 1. The van der Waals surface area contributed by atoms with Gasteiger partial charge in [-0.15, -0.1) is 24.8 Å². The Morgan fingerprint density at radius 3 is 2.66 bits per heavy atom. The Bertz CT molecular complexity index is 1450. The lowest BCUT2D eigenvalue weighted by molar-refractivity contribution is 0.0955. The smallest absolute Gasteiger partial charge is 0.271 e. The van der Waals surface area contributed by atoms with Gasteiger partial charge in [0, 0.05) is 24.7 Å². The molecule has 0 unspecified atom stereocenters. The lowest BCUT2D eigenvalue weighted by Gasteiger charge is -2.33. The number of carbonyl (C=O) groups is 1. The lowest BCUT2D eigenvalue weighted by atomic mass is 9.87. The lowest BCUT2D eigenvalue weighted by Crippen LogP contribution is -2.34. The number of aromatic nitrogens is 3. The first-order valence-corrected chi connectivity index (χ1v) is 12.7. The average Bonchev–Trinajstić information content (AvgIpc) is 3.36. The molecule has 1 amide bonds. The summed E-state index contributed by atoms with van der Waals surface area (Å²) >= 11 is 0. The van der Waals surface area contributed by atoms with Crippen molar-refractivity contribution >= 4 is 41.6 Å². The van der Waals surface area contributed by atoms with E-state index in [1.807, 2.05) is 10.6 Å². The average molecular weight is 555 g/mol. The van der Waals surface area contributed by atoms with Crippen LogP contribution in [0.1, 0.15) is 51.8 Å². The number of para-hydroxylation sites is 1. The molecular weight excluding hydrogens is 521 g/mol. The number of hydrogen-bond acceptors (Lipinski definition) is 5. The molecule has 9 heteroatoms. The number of ether oxygens (including phenoxy) is 1. The number of nitrogens with zero attached hydrogens (tertiary/aromatic N) is 4. The monoisotopic (exact) mass is 553 g/mol. The molecule has 0 aliphatic carbocycles. The van der Waals surface area contributed by atoms with Gasteiger partial charge in [-0.3, -0.25) is 14.3 Å². The maximum Gasteiger partial charge on any atom is 0.271 e. The summed E-state index contributed by atoms with van der Waals surface area (Å²) in [5.74, 6) is 1.29. The van der Waals surface area contributed by atoms with Crippen LogP contribution in [0.4, 0.5) is 0 Å². The highest BCUT2D eigenvalue weighted by atomic mass is 35.5. The minimum absolute atomic E-state index is 0. The number of carbonyl (C=O) groups excluding carboxylic acids is 1. The van der Waals surface area contributed by atoms with Gasteiger partial charge in [-0.1, -0.05) is 30.3 Å². The molecule has 0 bridgehead atoms. The maximum atomic E-state index is 12.1. The molecular formula is C29H33Cl2N5O2. The molecule has 0 atom stereocenters. The zero-order chi connectivity index (χ0) is 24.6. The Hall–Kier alpha value is -3.13. The second-order valence-electron chi connectivity index (χ2n) is 9.78. The molecule has 0 saturated carbocycles. The van der Waals surface area contributed by atoms with Gasteiger partial charge in [0.25, 0.3) is 5.91 Å². The van der Waals surface area contributed by atoms with Crippen molar-refractivity contribution in [1.29, 1.82) is 0 Å². The first-order chi connectivity index (χ1) is 17.6. The van der Waals surface area contributed by atoms with Crippen LogP contribution >= 0.6 is 24.8 Å². The molecule has 2 aromatic heterocycles. The van der Waals surface area contributed by atoms with Gasteiger partial charge in [-0.25, -0.2) is 4.98 Å². The molecule has 200 valence electrons. The summed E-state index contributed by atoms with van der Waals surface area (Å²) in [6.45, 7) is 5.59. The van der Waals surface area contributed by atoms with E-state index in [0.717, 1.165) is 67.2 Å². The third-order valence-electron chi connectivity index (χ3n) is 7.63. The summed E-state index contributed by atoms with van der Waals surface area (Å²) < 4.78 is 8.16. The number of hydrogen-bond donors (Lipinski definition) is 1. The minimum Gasteiger partial charge on any atom is -0.485 e. The van der Waals surface area contributed by atoms with Crippen LogP contribution in [0.25, 0.3) is 16.6 Å². The highest BCUT2D eigenvalue weighted by Gasteiger charge is 2.26. The van der Waals surface area contributed by atoms with Gasteiger partial charge in [-0.05, 0) is 74.5 Å². The second kappa shape index (κ2) is 11.7. The predicted molar refractivity (Wildman–Crippen MR) is 154 cm³/mol. The Balaban J connectivity index is 0.00000168. The molecule has 2 aliphatic heterocycles. The molecule has 1 fully saturated rings. The number of piperidine rings is 1. The van der Waals surface area contributed by atoms with Crippen molar-refractivity contribution in [2.75, 3.05) is 26.7 Å². The van der Waals surface area contributed by atoms with Gasteiger partial charge < -0.3 is 15.0 Å². The summed E-state index contributed by atoms with van der Waals surface area (Å²) in [6.07, 6.45) is 4.98. The molecule has 4 aromatic rings. The van der Waals surface area contributed by atoms with Crippen molar-refractivity contribution in [3.8, 4) is 11.4 Å². The topological polar surface area (TPSA) is 72.3 Å². The van der Waals surface area contributed by atoms with Gasteiger partial charge in [0.05, 0.1) is 16.9 Å². The van der Waals surface area contributed by atoms with E-state index in [0.29, 0.717) is 18.2 Å². The minimum atomic E-state index is -0.190. The second-order valence-corrected chi connectivity index (χ2v) is 9.78. The summed E-state index contributed by atoms with van der Waals surface area (Å²) in [7, 11) is 1.62. The van der Waals surface area contributed by atoms with Crippen molar-refractivity contribution in [3.63, 3.8) is 0 Å². The number of fused-ring (bicyclic) bond motifs is 4. The highest BCUT2D eigenvalue weighted by Crippen LogP contribution is 2.36. The Kier molecular flexibility index (Phi) is 8.61. The van der Waals surface area contributed by atoms with E-state index >= 15 is 0 Å². The van der Waals surface area contributed by atoms with E-state index in [9.17, 15) is 4.79 Å². The number of imidazole rings is 1. The number of halogens is 2. The number of amides is 1. The van der Waals surface area contributed by atoms with Crippen LogP contribution in [0.2, 0.25) is 0 Å². The van der Waals surface area contributed by atoms with Crippen molar-refractivity contribution in [3.05, 3.63) is 83.1 Å². The zero-order valence-electron chi connectivity index (χ0n) is 21.6. The van der Waals surface area contributed by atoms with Gasteiger partial charge in [0.1, 0.15) is 18.7 Å². The van der Waals surface area contributed by atoms with E-state index in [4.69, 9.17) is 9.72 Å².